The van der Waals surface area contributed by atoms with Gasteiger partial charge in [-0.3, -0.25) is 4.79 Å². The van der Waals surface area contributed by atoms with E-state index in [0.717, 1.165) is 43.2 Å². The van der Waals surface area contributed by atoms with E-state index < -0.39 is 21.4 Å². The first-order valence-corrected chi connectivity index (χ1v) is 8.42. The summed E-state index contributed by atoms with van der Waals surface area (Å²) in [7, 11) is -5.56. The Morgan fingerprint density at radius 2 is 1.48 bits per heavy atom. The van der Waals surface area contributed by atoms with Crippen LogP contribution >= 0.6 is 0 Å². The van der Waals surface area contributed by atoms with Crippen LogP contribution < -0.4 is 4.72 Å². The highest BCUT2D eigenvalue weighted by Crippen LogP contribution is 2.21. The summed E-state index contributed by atoms with van der Waals surface area (Å²) in [6, 6.07) is 0. The number of rotatable bonds is 11. The number of hydrogen-bond acceptors (Lipinski definition) is 3. The van der Waals surface area contributed by atoms with Gasteiger partial charge in [0, 0.05) is 6.42 Å². The van der Waals surface area contributed by atoms with Crippen molar-refractivity contribution in [2.45, 2.75) is 63.3 Å². The van der Waals surface area contributed by atoms with E-state index in [1.54, 1.807) is 0 Å². The van der Waals surface area contributed by atoms with Crippen LogP contribution in [0.2, 0.25) is 0 Å². The van der Waals surface area contributed by atoms with Gasteiger partial charge < -0.3 is 0 Å². The number of hydrogen-bond donors (Lipinski definition) is 1. The number of nitrogens with one attached hydrogen (secondary N) is 1. The molecule has 8 heteroatoms. The van der Waals surface area contributed by atoms with Gasteiger partial charge in [0.2, 0.25) is 5.91 Å². The molecule has 0 spiro atoms. The summed E-state index contributed by atoms with van der Waals surface area (Å²) >= 11 is 0. The Hall–Kier alpha value is -1.05. The van der Waals surface area contributed by atoms with Crippen LogP contribution in [0.25, 0.3) is 0 Å². The van der Waals surface area contributed by atoms with E-state index in [4.69, 9.17) is 0 Å². The highest BCUT2D eigenvalue weighted by atomic mass is 32.2. The molecule has 1 N–H and O–H groups in total. The number of allylic oxidation sites excluding steroid dienone is 1. The lowest BCUT2D eigenvalue weighted by molar-refractivity contribution is -0.120. The average Bonchev–Trinajstić information content (AvgIpc) is 2.35. The molecule has 0 heterocycles. The molecule has 0 aliphatic rings. The highest BCUT2D eigenvalue weighted by molar-refractivity contribution is 7.90. The van der Waals surface area contributed by atoms with Gasteiger partial charge in [-0.05, 0) is 19.3 Å². The maximum atomic E-state index is 12.0. The first-order chi connectivity index (χ1) is 9.70. The summed E-state index contributed by atoms with van der Waals surface area (Å²) in [4.78, 5) is 11.1. The Bertz CT molecular complexity index is 419. The molecule has 0 fully saturated rings. The van der Waals surface area contributed by atoms with Crippen LogP contribution in [0.5, 0.6) is 0 Å². The molecule has 0 aliphatic carbocycles. The van der Waals surface area contributed by atoms with Crippen molar-refractivity contribution in [3.8, 4) is 0 Å². The van der Waals surface area contributed by atoms with Gasteiger partial charge in [0.1, 0.15) is 0 Å². The number of carbonyl (C=O) groups is 1. The van der Waals surface area contributed by atoms with Crippen LogP contribution in [0.3, 0.4) is 0 Å². The van der Waals surface area contributed by atoms with Gasteiger partial charge in [0.15, 0.2) is 0 Å². The number of carbonyl (C=O) groups excluding carboxylic acids is 1. The van der Waals surface area contributed by atoms with Crippen LogP contribution in [0, 0.1) is 0 Å². The van der Waals surface area contributed by atoms with Gasteiger partial charge in [-0.15, -0.1) is 6.58 Å². The summed E-state index contributed by atoms with van der Waals surface area (Å²) in [5.41, 5.74) is -5.45. The zero-order valence-electron chi connectivity index (χ0n) is 11.9. The van der Waals surface area contributed by atoms with Crippen molar-refractivity contribution >= 4 is 15.9 Å². The Morgan fingerprint density at radius 3 is 1.95 bits per heavy atom. The normalized spacial score (nSPS) is 12.1. The molecule has 0 atom stereocenters. The molecule has 0 aliphatic heterocycles. The molecule has 124 valence electrons. The molecular weight excluding hydrogens is 307 g/mol. The van der Waals surface area contributed by atoms with Crippen molar-refractivity contribution in [2.75, 3.05) is 0 Å². The van der Waals surface area contributed by atoms with Crippen LogP contribution in [0.1, 0.15) is 57.8 Å². The van der Waals surface area contributed by atoms with Gasteiger partial charge >= 0.3 is 15.5 Å². The predicted octanol–water partition coefficient (Wildman–Crippen LogP) is 3.65. The van der Waals surface area contributed by atoms with Gasteiger partial charge in [0.25, 0.3) is 0 Å². The molecule has 0 radical (unpaired) electrons. The van der Waals surface area contributed by atoms with E-state index in [-0.39, 0.29) is 6.42 Å². The molecule has 0 aromatic carbocycles. The quantitative estimate of drug-likeness (QED) is 0.465. The summed E-state index contributed by atoms with van der Waals surface area (Å²) in [6.45, 7) is 3.62. The number of amides is 1. The fraction of sp³-hybridized carbons (Fsp3) is 0.769. The lowest BCUT2D eigenvalue weighted by Gasteiger charge is -2.09. The monoisotopic (exact) mass is 329 g/mol. The third-order valence-electron chi connectivity index (χ3n) is 2.86. The Balaban J connectivity index is 3.66. The molecule has 0 aromatic rings. The number of unbranched alkanes of at least 4 members (excludes halogenated alkanes) is 7. The lowest BCUT2D eigenvalue weighted by Crippen LogP contribution is -2.40. The summed E-state index contributed by atoms with van der Waals surface area (Å²) in [5, 5.41) is 0. The molecule has 0 saturated heterocycles. The summed E-state index contributed by atoms with van der Waals surface area (Å²) in [6.07, 6.45) is 8.88. The topological polar surface area (TPSA) is 63.2 Å². The first kappa shape index (κ1) is 19.9. The van der Waals surface area contributed by atoms with Crippen LogP contribution in [-0.2, 0) is 14.8 Å². The zero-order chi connectivity index (χ0) is 16.4. The highest BCUT2D eigenvalue weighted by Gasteiger charge is 2.46. The predicted molar refractivity (Wildman–Crippen MR) is 74.9 cm³/mol. The summed E-state index contributed by atoms with van der Waals surface area (Å²) < 4.78 is 58.3. The largest absolute Gasteiger partial charge is 0.516 e. The van der Waals surface area contributed by atoms with Crippen molar-refractivity contribution in [2.24, 2.45) is 0 Å². The van der Waals surface area contributed by atoms with Crippen molar-refractivity contribution in [1.82, 2.24) is 4.72 Å². The van der Waals surface area contributed by atoms with E-state index in [1.807, 2.05) is 6.08 Å². The van der Waals surface area contributed by atoms with Crippen LogP contribution in [-0.4, -0.2) is 19.8 Å². The minimum absolute atomic E-state index is 0.216. The first-order valence-electron chi connectivity index (χ1n) is 6.93. The van der Waals surface area contributed by atoms with Crippen molar-refractivity contribution in [1.29, 1.82) is 0 Å². The molecule has 0 saturated carbocycles. The van der Waals surface area contributed by atoms with E-state index >= 15 is 0 Å². The maximum Gasteiger partial charge on any atom is 0.516 e. The maximum absolute atomic E-state index is 12.0. The SMILES string of the molecule is C=CCCCCCCCCCC(=O)NS(=O)(=O)C(F)(F)F. The van der Waals surface area contributed by atoms with Crippen molar-refractivity contribution in [3.63, 3.8) is 0 Å². The minimum atomic E-state index is -5.56. The second-order valence-corrected chi connectivity index (χ2v) is 6.45. The molecule has 0 unspecified atom stereocenters. The molecule has 0 rings (SSSR count). The van der Waals surface area contributed by atoms with E-state index in [0.29, 0.717) is 12.8 Å². The molecule has 21 heavy (non-hydrogen) atoms. The zero-order valence-corrected chi connectivity index (χ0v) is 12.7. The molecule has 0 aromatic heterocycles. The number of alkyl halides is 3. The minimum Gasteiger partial charge on any atom is -0.274 e. The Morgan fingerprint density at radius 1 is 1.00 bits per heavy atom. The van der Waals surface area contributed by atoms with Gasteiger partial charge in [-0.25, -0.2) is 4.72 Å². The van der Waals surface area contributed by atoms with E-state index in [9.17, 15) is 26.4 Å². The van der Waals surface area contributed by atoms with E-state index in [2.05, 4.69) is 6.58 Å². The van der Waals surface area contributed by atoms with Gasteiger partial charge in [0.05, 0.1) is 0 Å². The fourth-order valence-electron chi connectivity index (χ4n) is 1.72. The van der Waals surface area contributed by atoms with Gasteiger partial charge in [-0.2, -0.15) is 21.6 Å². The number of halogens is 3. The summed E-state index contributed by atoms with van der Waals surface area (Å²) in [5.74, 6) is -1.11. The van der Waals surface area contributed by atoms with Crippen molar-refractivity contribution < 1.29 is 26.4 Å². The second-order valence-electron chi connectivity index (χ2n) is 4.78. The smallest absolute Gasteiger partial charge is 0.274 e. The third-order valence-corrected chi connectivity index (χ3v) is 3.97. The third kappa shape index (κ3) is 9.49. The standard InChI is InChI=1S/C13H22F3NO3S/c1-2-3-4-5-6-7-8-9-10-11-12(18)17-21(19,20)13(14,15)16/h2H,1,3-11H2,(H,17,18). The second kappa shape index (κ2) is 9.81. The fourth-order valence-corrected chi connectivity index (χ4v) is 2.23. The molecule has 1 amide bonds. The van der Waals surface area contributed by atoms with Crippen LogP contribution in [0.4, 0.5) is 13.2 Å². The Kier molecular flexibility index (Phi) is 9.32. The molecule has 0 bridgehead atoms. The number of sulfonamides is 1. The lowest BCUT2D eigenvalue weighted by atomic mass is 10.1. The average molecular weight is 329 g/mol. The molecule has 4 nitrogen and oxygen atoms in total. The van der Waals surface area contributed by atoms with Crippen LogP contribution in [0.15, 0.2) is 12.7 Å². The van der Waals surface area contributed by atoms with Gasteiger partial charge in [-0.1, -0.05) is 38.2 Å². The molecular formula is C13H22F3NO3S. The van der Waals surface area contributed by atoms with Crippen molar-refractivity contribution in [3.05, 3.63) is 12.7 Å². The Labute approximate surface area is 123 Å². The van der Waals surface area contributed by atoms with E-state index in [1.165, 1.54) is 0 Å².